The van der Waals surface area contributed by atoms with Gasteiger partial charge in [-0.25, -0.2) is 9.78 Å². The summed E-state index contributed by atoms with van der Waals surface area (Å²) in [4.78, 5) is 30.8. The molecule has 1 saturated heterocycles. The van der Waals surface area contributed by atoms with Crippen LogP contribution < -0.4 is 22.1 Å². The third-order valence-corrected chi connectivity index (χ3v) is 6.53. The molecule has 3 aromatic rings. The molecule has 1 fully saturated rings. The molecular formula is C22H23N5O3S. The lowest BCUT2D eigenvalue weighted by Gasteiger charge is -2.31. The molecule has 3 heterocycles. The second-order valence-electron chi connectivity index (χ2n) is 7.54. The molecule has 0 spiro atoms. The smallest absolute Gasteiger partial charge is 0.335 e. The van der Waals surface area contributed by atoms with Crippen molar-refractivity contribution in [2.75, 3.05) is 23.7 Å². The van der Waals surface area contributed by atoms with Crippen molar-refractivity contribution in [3.63, 3.8) is 0 Å². The lowest BCUT2D eigenvalue weighted by Crippen LogP contribution is -2.40. The molecule has 1 amide bonds. The summed E-state index contributed by atoms with van der Waals surface area (Å²) in [5, 5.41) is 9.75. The zero-order chi connectivity index (χ0) is 22.1. The van der Waals surface area contributed by atoms with Gasteiger partial charge in [-0.1, -0.05) is 24.3 Å². The zero-order valence-electron chi connectivity index (χ0n) is 16.7. The van der Waals surface area contributed by atoms with Gasteiger partial charge >= 0.3 is 5.97 Å². The van der Waals surface area contributed by atoms with Gasteiger partial charge in [0.25, 0.3) is 5.91 Å². The van der Waals surface area contributed by atoms with Crippen LogP contribution in [0.4, 0.5) is 11.5 Å². The number of fused-ring (bicyclic) bond motifs is 1. The average molecular weight is 438 g/mol. The molecule has 160 valence electrons. The van der Waals surface area contributed by atoms with E-state index in [9.17, 15) is 9.59 Å². The van der Waals surface area contributed by atoms with Gasteiger partial charge < -0.3 is 27.2 Å². The maximum absolute atomic E-state index is 11.8. The molecule has 9 heteroatoms. The number of carboxylic acid groups (broad SMARTS) is 1. The van der Waals surface area contributed by atoms with Gasteiger partial charge in [0, 0.05) is 24.5 Å². The Hall–Kier alpha value is -3.43. The summed E-state index contributed by atoms with van der Waals surface area (Å²) in [7, 11) is 0. The molecule has 1 aliphatic rings. The van der Waals surface area contributed by atoms with E-state index in [2.05, 4.69) is 4.90 Å². The van der Waals surface area contributed by atoms with E-state index in [0.29, 0.717) is 20.8 Å². The largest absolute Gasteiger partial charge is 0.478 e. The minimum absolute atomic E-state index is 0.201. The molecule has 0 aliphatic carbocycles. The van der Waals surface area contributed by atoms with Crippen LogP contribution in [0.25, 0.3) is 22.4 Å². The Morgan fingerprint density at radius 2 is 1.84 bits per heavy atom. The van der Waals surface area contributed by atoms with Crippen molar-refractivity contribution in [1.82, 2.24) is 4.98 Å². The van der Waals surface area contributed by atoms with Crippen molar-refractivity contribution in [1.29, 1.82) is 0 Å². The first-order chi connectivity index (χ1) is 14.8. The standard InChI is InChI=1S/C22H23N5O3S/c23-15-7-9-27(10-8-15)16-11-14(6-3-12-1-4-13(5-2-12)22(29)30)17-18(24)19(20(25)28)31-21(17)26-16/h1-6,11,15H,7-10,23-24H2,(H2,25,28)(H,29,30)/b6-3+. The molecule has 4 rings (SSSR count). The maximum Gasteiger partial charge on any atom is 0.335 e. The number of primary amides is 1. The van der Waals surface area contributed by atoms with Gasteiger partial charge in [-0.05, 0) is 42.2 Å². The summed E-state index contributed by atoms with van der Waals surface area (Å²) in [6, 6.07) is 8.73. The van der Waals surface area contributed by atoms with Crippen LogP contribution in [-0.2, 0) is 0 Å². The molecule has 2 aromatic heterocycles. The highest BCUT2D eigenvalue weighted by Gasteiger charge is 2.22. The summed E-state index contributed by atoms with van der Waals surface area (Å²) in [6.07, 6.45) is 5.55. The van der Waals surface area contributed by atoms with E-state index < -0.39 is 11.9 Å². The number of anilines is 2. The summed E-state index contributed by atoms with van der Waals surface area (Å²) in [5.41, 5.74) is 20.0. The quantitative estimate of drug-likeness (QED) is 0.479. The van der Waals surface area contributed by atoms with Crippen molar-refractivity contribution in [2.45, 2.75) is 18.9 Å². The number of thiophene rings is 1. The Balaban J connectivity index is 1.77. The van der Waals surface area contributed by atoms with E-state index in [1.54, 1.807) is 24.3 Å². The van der Waals surface area contributed by atoms with Crippen LogP contribution in [0.1, 0.15) is 44.0 Å². The number of nitrogen functional groups attached to an aromatic ring is 1. The van der Waals surface area contributed by atoms with Crippen LogP contribution in [0.5, 0.6) is 0 Å². The zero-order valence-corrected chi connectivity index (χ0v) is 17.6. The van der Waals surface area contributed by atoms with Gasteiger partial charge in [0.15, 0.2) is 0 Å². The van der Waals surface area contributed by atoms with E-state index in [0.717, 1.165) is 42.9 Å². The van der Waals surface area contributed by atoms with Crippen LogP contribution in [0.15, 0.2) is 30.3 Å². The van der Waals surface area contributed by atoms with Crippen LogP contribution in [0.3, 0.4) is 0 Å². The van der Waals surface area contributed by atoms with Gasteiger partial charge in [-0.2, -0.15) is 0 Å². The SMILES string of the molecule is NC(=O)c1sc2nc(N3CCC(N)CC3)cc(/C=C/c3ccc(C(=O)O)cc3)c2c1N. The first kappa shape index (κ1) is 20.8. The predicted octanol–water partition coefficient (Wildman–Crippen LogP) is 2.77. The fourth-order valence-corrected chi connectivity index (χ4v) is 4.64. The van der Waals surface area contributed by atoms with E-state index in [-0.39, 0.29) is 11.6 Å². The number of hydrogen-bond donors (Lipinski definition) is 4. The molecule has 0 bridgehead atoms. The molecule has 1 aromatic carbocycles. The van der Waals surface area contributed by atoms with Crippen molar-refractivity contribution in [2.24, 2.45) is 11.5 Å². The van der Waals surface area contributed by atoms with E-state index in [4.69, 9.17) is 27.3 Å². The number of benzene rings is 1. The van der Waals surface area contributed by atoms with Crippen molar-refractivity contribution < 1.29 is 14.7 Å². The fourth-order valence-electron chi connectivity index (χ4n) is 3.66. The van der Waals surface area contributed by atoms with E-state index in [1.165, 1.54) is 11.3 Å². The first-order valence-electron chi connectivity index (χ1n) is 9.88. The van der Waals surface area contributed by atoms with Crippen LogP contribution in [0.2, 0.25) is 0 Å². The number of aromatic nitrogens is 1. The Morgan fingerprint density at radius 3 is 2.45 bits per heavy atom. The lowest BCUT2D eigenvalue weighted by atomic mass is 10.0. The Morgan fingerprint density at radius 1 is 1.16 bits per heavy atom. The van der Waals surface area contributed by atoms with Crippen molar-refractivity contribution in [3.05, 3.63) is 51.9 Å². The number of piperidine rings is 1. The van der Waals surface area contributed by atoms with Crippen LogP contribution >= 0.6 is 11.3 Å². The monoisotopic (exact) mass is 437 g/mol. The van der Waals surface area contributed by atoms with Gasteiger partial charge in [0.2, 0.25) is 0 Å². The summed E-state index contributed by atoms with van der Waals surface area (Å²) >= 11 is 1.19. The number of aromatic carboxylic acids is 1. The number of carbonyl (C=O) groups excluding carboxylic acids is 1. The van der Waals surface area contributed by atoms with E-state index in [1.807, 2.05) is 18.2 Å². The van der Waals surface area contributed by atoms with Gasteiger partial charge in [-0.15, -0.1) is 11.3 Å². The highest BCUT2D eigenvalue weighted by Crippen LogP contribution is 2.37. The third-order valence-electron chi connectivity index (χ3n) is 5.42. The number of carboxylic acids is 1. The normalized spacial score (nSPS) is 15.1. The van der Waals surface area contributed by atoms with Crippen LogP contribution in [-0.4, -0.2) is 41.1 Å². The Kier molecular flexibility index (Phi) is 5.62. The molecular weight excluding hydrogens is 414 g/mol. The molecule has 8 nitrogen and oxygen atoms in total. The molecule has 0 radical (unpaired) electrons. The predicted molar refractivity (Wildman–Crippen MR) is 124 cm³/mol. The minimum Gasteiger partial charge on any atom is -0.478 e. The Labute approximate surface area is 183 Å². The first-order valence-corrected chi connectivity index (χ1v) is 10.7. The highest BCUT2D eigenvalue weighted by molar-refractivity contribution is 7.21. The topological polar surface area (TPSA) is 149 Å². The fraction of sp³-hybridized carbons (Fsp3) is 0.227. The number of rotatable bonds is 5. The van der Waals surface area contributed by atoms with Gasteiger partial charge in [-0.3, -0.25) is 4.79 Å². The molecule has 0 atom stereocenters. The molecule has 7 N–H and O–H groups in total. The second-order valence-corrected chi connectivity index (χ2v) is 8.54. The third kappa shape index (κ3) is 4.23. The Bertz CT molecular complexity index is 1180. The molecule has 0 saturated carbocycles. The highest BCUT2D eigenvalue weighted by atomic mass is 32.1. The minimum atomic E-state index is -0.970. The number of carbonyl (C=O) groups is 2. The van der Waals surface area contributed by atoms with Crippen LogP contribution in [0, 0.1) is 0 Å². The number of nitrogens with zero attached hydrogens (tertiary/aromatic N) is 2. The van der Waals surface area contributed by atoms with E-state index >= 15 is 0 Å². The van der Waals surface area contributed by atoms with Crippen molar-refractivity contribution in [3.8, 4) is 0 Å². The number of amides is 1. The lowest BCUT2D eigenvalue weighted by molar-refractivity contribution is 0.0696. The molecule has 31 heavy (non-hydrogen) atoms. The van der Waals surface area contributed by atoms with Gasteiger partial charge in [0.1, 0.15) is 15.5 Å². The summed E-state index contributed by atoms with van der Waals surface area (Å²) in [5.74, 6) is -0.745. The second kappa shape index (κ2) is 8.37. The number of nitrogens with two attached hydrogens (primary N) is 3. The molecule has 0 unspecified atom stereocenters. The number of pyridine rings is 1. The average Bonchev–Trinajstić information content (AvgIpc) is 3.09. The summed E-state index contributed by atoms with van der Waals surface area (Å²) in [6.45, 7) is 1.62. The summed E-state index contributed by atoms with van der Waals surface area (Å²) < 4.78 is 0. The number of hydrogen-bond acceptors (Lipinski definition) is 7. The van der Waals surface area contributed by atoms with Crippen molar-refractivity contribution >= 4 is 57.1 Å². The molecule has 1 aliphatic heterocycles. The maximum atomic E-state index is 11.8. The van der Waals surface area contributed by atoms with Gasteiger partial charge in [0.05, 0.1) is 11.3 Å².